The van der Waals surface area contributed by atoms with Crippen LogP contribution in [0.4, 0.5) is 0 Å². The molecule has 8 nitrogen and oxygen atoms in total. The van der Waals surface area contributed by atoms with Gasteiger partial charge in [0.05, 0.1) is 0 Å². The molecule has 0 heterocycles. The van der Waals surface area contributed by atoms with Gasteiger partial charge in [-0.3, -0.25) is 0 Å². The first-order chi connectivity index (χ1) is 4.00. The molecule has 0 saturated carbocycles. The molecular formula is O8P2Pb2-2. The first-order valence-corrected chi connectivity index (χ1v) is 4.38. The summed E-state index contributed by atoms with van der Waals surface area (Å²) < 4.78 is 17.1. The third kappa shape index (κ3) is 347. The van der Waals surface area contributed by atoms with Crippen molar-refractivity contribution >= 4 is 70.2 Å². The van der Waals surface area contributed by atoms with Gasteiger partial charge in [0, 0.05) is 0 Å². The maximum absolute atomic E-state index is 8.55. The molecule has 0 spiro atoms. The smallest absolute Gasteiger partial charge is 0.822 e. The van der Waals surface area contributed by atoms with E-state index >= 15 is 0 Å². The van der Waals surface area contributed by atoms with Gasteiger partial charge in [-0.05, 0) is 0 Å². The number of hydrogen-bond acceptors (Lipinski definition) is 8. The summed E-state index contributed by atoms with van der Waals surface area (Å²) in [4.78, 5) is 51.3. The van der Waals surface area contributed by atoms with Gasteiger partial charge in [-0.25, -0.2) is 0 Å². The van der Waals surface area contributed by atoms with Crippen molar-refractivity contribution in [3.05, 3.63) is 0 Å². The molecule has 0 aromatic carbocycles. The molecule has 0 aliphatic carbocycles. The van der Waals surface area contributed by atoms with Crippen LogP contribution >= 0.6 is 15.6 Å². The van der Waals surface area contributed by atoms with Crippen molar-refractivity contribution in [3.63, 3.8) is 0 Å². The van der Waals surface area contributed by atoms with E-state index < -0.39 is 15.6 Å². The first kappa shape index (κ1) is 23.7. The van der Waals surface area contributed by atoms with E-state index in [1.54, 1.807) is 0 Å². The Labute approximate surface area is 108 Å². The first-order valence-electron chi connectivity index (χ1n) is 1.46. The largest absolute Gasteiger partial charge is 2.00 e. The minimum absolute atomic E-state index is 0. The molecular weight excluding hydrogens is 604 g/mol. The Hall–Kier alpha value is 2.06. The Balaban J connectivity index is -0.0000000457. The average Bonchev–Trinajstić information content (AvgIpc) is 1.12. The summed E-state index contributed by atoms with van der Waals surface area (Å²) in [6.45, 7) is 0. The third-order valence-electron chi connectivity index (χ3n) is 0. The van der Waals surface area contributed by atoms with Gasteiger partial charge in [0.1, 0.15) is 0 Å². The fourth-order valence-corrected chi connectivity index (χ4v) is 0. The van der Waals surface area contributed by atoms with Gasteiger partial charge in [-0.2, -0.15) is 15.6 Å². The summed E-state index contributed by atoms with van der Waals surface area (Å²) >= 11 is 0. The summed E-state index contributed by atoms with van der Waals surface area (Å²) in [5, 5.41) is 0. The van der Waals surface area contributed by atoms with Crippen LogP contribution in [-0.2, 0) is 9.13 Å². The van der Waals surface area contributed by atoms with Crippen LogP contribution in [0.5, 0.6) is 0 Å². The summed E-state index contributed by atoms with van der Waals surface area (Å²) in [5.41, 5.74) is 0. The van der Waals surface area contributed by atoms with Crippen LogP contribution in [0.15, 0.2) is 0 Å². The Kier molecular flexibility index (Phi) is 19.0. The zero-order valence-electron chi connectivity index (χ0n) is 5.16. The molecule has 0 N–H and O–H groups in total. The van der Waals surface area contributed by atoms with E-state index in [4.69, 9.17) is 38.5 Å². The zero-order valence-corrected chi connectivity index (χ0v) is 14.7. The monoisotopic (exact) mass is 606 g/mol. The second-order valence-electron chi connectivity index (χ2n) is 0.894. The Bertz CT molecular complexity index is 127. The molecule has 12 heavy (non-hydrogen) atoms. The van der Waals surface area contributed by atoms with Crippen LogP contribution in [0.3, 0.4) is 0 Å². The van der Waals surface area contributed by atoms with Crippen molar-refractivity contribution in [1.29, 1.82) is 0 Å². The molecule has 0 fully saturated rings. The molecule has 0 atom stereocenters. The van der Waals surface area contributed by atoms with Crippen molar-refractivity contribution in [2.45, 2.75) is 0 Å². The minimum atomic E-state index is -5.39. The second kappa shape index (κ2) is 9.61. The Morgan fingerprint density at radius 3 is 0.583 bits per heavy atom. The van der Waals surface area contributed by atoms with Gasteiger partial charge >= 0.3 is 54.6 Å². The van der Waals surface area contributed by atoms with E-state index in [-0.39, 0.29) is 54.6 Å². The van der Waals surface area contributed by atoms with Gasteiger partial charge in [-0.15, -0.1) is 0 Å². The summed E-state index contributed by atoms with van der Waals surface area (Å²) in [7, 11) is -10.8. The van der Waals surface area contributed by atoms with Crippen LogP contribution in [0, 0.1) is 0 Å². The summed E-state index contributed by atoms with van der Waals surface area (Å²) in [5.74, 6) is 0. The maximum Gasteiger partial charge on any atom is 2.00 e. The molecule has 12 heteroatoms. The van der Waals surface area contributed by atoms with E-state index in [9.17, 15) is 0 Å². The zero-order chi connectivity index (χ0) is 9.00. The van der Waals surface area contributed by atoms with E-state index in [0.29, 0.717) is 0 Å². The molecule has 4 radical (unpaired) electrons. The number of phosphoric acid groups is 2. The van der Waals surface area contributed by atoms with Crippen molar-refractivity contribution < 1.29 is 38.5 Å². The van der Waals surface area contributed by atoms with Gasteiger partial charge in [0.15, 0.2) is 0 Å². The third-order valence-corrected chi connectivity index (χ3v) is 0. The van der Waals surface area contributed by atoms with Crippen LogP contribution in [0.25, 0.3) is 0 Å². The molecule has 0 rings (SSSR count). The molecule has 0 amide bonds. The predicted molar refractivity (Wildman–Crippen MR) is 26.7 cm³/mol. The molecule has 0 unspecified atom stereocenters. The van der Waals surface area contributed by atoms with E-state index in [0.717, 1.165) is 0 Å². The fourth-order valence-electron chi connectivity index (χ4n) is 0. The Morgan fingerprint density at radius 1 is 0.583 bits per heavy atom. The minimum Gasteiger partial charge on any atom is -0.822 e. The van der Waals surface area contributed by atoms with Crippen LogP contribution in [0.2, 0.25) is 0 Å². The van der Waals surface area contributed by atoms with Crippen molar-refractivity contribution in [2.75, 3.05) is 0 Å². The molecule has 0 aliphatic rings. The van der Waals surface area contributed by atoms with Crippen molar-refractivity contribution in [2.24, 2.45) is 0 Å². The van der Waals surface area contributed by atoms with Gasteiger partial charge < -0.3 is 38.5 Å². The fraction of sp³-hybridized carbons (Fsp3) is 0. The van der Waals surface area contributed by atoms with Crippen LogP contribution < -0.4 is 29.4 Å². The van der Waals surface area contributed by atoms with Gasteiger partial charge in [0.25, 0.3) is 0 Å². The normalized spacial score (nSPS) is 9.83. The topological polar surface area (TPSA) is 172 Å². The van der Waals surface area contributed by atoms with E-state index in [1.165, 1.54) is 0 Å². The predicted octanol–water partition coefficient (Wildman–Crippen LogP) is -6.41. The number of hydrogen-bond donors (Lipinski definition) is 0. The molecule has 0 bridgehead atoms. The van der Waals surface area contributed by atoms with Crippen LogP contribution in [0.1, 0.15) is 0 Å². The van der Waals surface area contributed by atoms with Gasteiger partial charge in [0.2, 0.25) is 0 Å². The standard InChI is InChI=1S/2H3O4P.2Pb/c2*1-5(2,3)4;;/h2*(H3,1,2,3,4);;/q;;2*+2/p-6. The molecule has 0 aromatic heterocycles. The molecule has 0 aliphatic heterocycles. The SMILES string of the molecule is O=P([O-])([O-])[O-].O=P([O-])([O-])[O-].[Pb+2].[Pb+2]. The summed E-state index contributed by atoms with van der Waals surface area (Å²) in [6.07, 6.45) is 0. The summed E-state index contributed by atoms with van der Waals surface area (Å²) in [6, 6.07) is 0. The molecule has 0 saturated heterocycles. The molecule has 0 aromatic rings. The van der Waals surface area contributed by atoms with E-state index in [2.05, 4.69) is 0 Å². The van der Waals surface area contributed by atoms with E-state index in [1.807, 2.05) is 0 Å². The average molecular weight is 604 g/mol. The van der Waals surface area contributed by atoms with Crippen LogP contribution in [-0.4, -0.2) is 54.6 Å². The molecule has 68 valence electrons. The van der Waals surface area contributed by atoms with Gasteiger partial charge in [-0.1, -0.05) is 0 Å². The van der Waals surface area contributed by atoms with Crippen molar-refractivity contribution in [1.82, 2.24) is 0 Å². The second-order valence-corrected chi connectivity index (χ2v) is 2.68. The Morgan fingerprint density at radius 2 is 0.583 bits per heavy atom. The quantitative estimate of drug-likeness (QED) is 0.194. The number of rotatable bonds is 0. The van der Waals surface area contributed by atoms with Crippen molar-refractivity contribution in [3.8, 4) is 0 Å². The maximum atomic E-state index is 8.55.